The van der Waals surface area contributed by atoms with E-state index in [9.17, 15) is 18.0 Å². The molecule has 1 saturated heterocycles. The number of nitrogens with one attached hydrogen (secondary N) is 1. The molecular formula is C31H44N2O5S. The van der Waals surface area contributed by atoms with Crippen LogP contribution in [0.4, 0.5) is 0 Å². The minimum absolute atomic E-state index is 0.0251. The first-order valence-corrected chi connectivity index (χ1v) is 15.3. The Kier molecular flexibility index (Phi) is 9.99. The van der Waals surface area contributed by atoms with Crippen molar-refractivity contribution in [3.63, 3.8) is 0 Å². The van der Waals surface area contributed by atoms with Crippen LogP contribution in [0.1, 0.15) is 65.0 Å². The SMILES string of the molecule is Cc1ccc(S(=O)(=O)NCCC(C(=O)OC(C)(C)C)C2(CC(C)C)CCN(CCc3ccccc3)C2=O)cc1. The number of carbonyl (C=O) groups is 2. The zero-order valence-electron chi connectivity index (χ0n) is 24.2. The molecule has 7 nitrogen and oxygen atoms in total. The summed E-state index contributed by atoms with van der Waals surface area (Å²) in [6.45, 7) is 12.6. The van der Waals surface area contributed by atoms with Gasteiger partial charge in [0.25, 0.3) is 0 Å². The minimum atomic E-state index is -3.76. The van der Waals surface area contributed by atoms with E-state index in [2.05, 4.69) is 4.72 Å². The van der Waals surface area contributed by atoms with Crippen LogP contribution >= 0.6 is 0 Å². The number of likely N-dealkylation sites (tertiary alicyclic amines) is 1. The molecule has 0 aromatic heterocycles. The molecule has 1 heterocycles. The van der Waals surface area contributed by atoms with Crippen molar-refractivity contribution in [2.75, 3.05) is 19.6 Å². The van der Waals surface area contributed by atoms with Crippen molar-refractivity contribution in [3.8, 4) is 0 Å². The number of esters is 1. The van der Waals surface area contributed by atoms with E-state index in [-0.39, 0.29) is 29.7 Å². The number of hydrogen-bond donors (Lipinski definition) is 1. The lowest BCUT2D eigenvalue weighted by Crippen LogP contribution is -2.47. The lowest BCUT2D eigenvalue weighted by atomic mass is 9.67. The number of carbonyl (C=O) groups excluding carboxylic acids is 2. The maximum atomic E-state index is 14.1. The smallest absolute Gasteiger partial charge is 0.310 e. The van der Waals surface area contributed by atoms with Gasteiger partial charge < -0.3 is 9.64 Å². The molecule has 1 N–H and O–H groups in total. The van der Waals surface area contributed by atoms with Crippen LogP contribution < -0.4 is 4.72 Å². The molecule has 39 heavy (non-hydrogen) atoms. The molecule has 0 bridgehead atoms. The Bertz CT molecular complexity index is 1220. The number of rotatable bonds is 12. The fraction of sp³-hybridized carbons (Fsp3) is 0.548. The molecule has 8 heteroatoms. The number of amides is 1. The lowest BCUT2D eigenvalue weighted by molar-refractivity contribution is -0.169. The van der Waals surface area contributed by atoms with Gasteiger partial charge in [-0.1, -0.05) is 61.9 Å². The number of nitrogens with zero attached hydrogens (tertiary/aromatic N) is 1. The molecule has 2 aromatic rings. The van der Waals surface area contributed by atoms with Crippen LogP contribution in [-0.4, -0.2) is 50.4 Å². The summed E-state index contributed by atoms with van der Waals surface area (Å²) in [4.78, 5) is 29.8. The maximum Gasteiger partial charge on any atom is 0.310 e. The van der Waals surface area contributed by atoms with Gasteiger partial charge in [-0.2, -0.15) is 0 Å². The Morgan fingerprint density at radius 1 is 1.08 bits per heavy atom. The summed E-state index contributed by atoms with van der Waals surface area (Å²) < 4.78 is 34.3. The van der Waals surface area contributed by atoms with E-state index < -0.39 is 32.9 Å². The molecule has 1 aliphatic rings. The standard InChI is InChI=1S/C31H44N2O5S/c1-23(2)22-31(18-21-33(29(31)35)20-17-25-10-8-7-9-11-25)27(28(34)38-30(4,5)6)16-19-32-39(36,37)26-14-12-24(3)13-15-26/h7-15,23,27,32H,16-22H2,1-6H3. The third-order valence-electron chi connectivity index (χ3n) is 7.24. The number of aryl methyl sites for hydroxylation is 1. The second-order valence-corrected chi connectivity index (χ2v) is 13.9. The monoisotopic (exact) mass is 556 g/mol. The first-order chi connectivity index (χ1) is 18.2. The maximum absolute atomic E-state index is 14.1. The van der Waals surface area contributed by atoms with Crippen molar-refractivity contribution in [2.24, 2.45) is 17.3 Å². The largest absolute Gasteiger partial charge is 0.460 e. The first kappa shape index (κ1) is 30.8. The third-order valence-corrected chi connectivity index (χ3v) is 8.72. The third kappa shape index (κ3) is 8.15. The second-order valence-electron chi connectivity index (χ2n) is 12.1. The average molecular weight is 557 g/mol. The lowest BCUT2D eigenvalue weighted by Gasteiger charge is -2.37. The van der Waals surface area contributed by atoms with Crippen molar-refractivity contribution in [1.29, 1.82) is 0 Å². The van der Waals surface area contributed by atoms with Crippen molar-refractivity contribution in [1.82, 2.24) is 9.62 Å². The van der Waals surface area contributed by atoms with Gasteiger partial charge in [0.05, 0.1) is 16.2 Å². The van der Waals surface area contributed by atoms with Crippen LogP contribution in [0.15, 0.2) is 59.5 Å². The summed E-state index contributed by atoms with van der Waals surface area (Å²) in [5.74, 6) is -1.09. The highest BCUT2D eigenvalue weighted by molar-refractivity contribution is 7.89. The number of hydrogen-bond acceptors (Lipinski definition) is 5. The van der Waals surface area contributed by atoms with Crippen molar-refractivity contribution in [2.45, 2.75) is 77.7 Å². The predicted octanol–water partition coefficient (Wildman–Crippen LogP) is 5.13. The Balaban J connectivity index is 1.85. The molecule has 2 unspecified atom stereocenters. The highest BCUT2D eigenvalue weighted by Crippen LogP contribution is 2.47. The molecule has 1 aliphatic heterocycles. The molecule has 0 saturated carbocycles. The van der Waals surface area contributed by atoms with Crippen molar-refractivity contribution in [3.05, 3.63) is 65.7 Å². The zero-order valence-corrected chi connectivity index (χ0v) is 25.0. The normalized spacial score (nSPS) is 18.9. The van der Waals surface area contributed by atoms with Gasteiger partial charge in [0, 0.05) is 19.6 Å². The van der Waals surface area contributed by atoms with E-state index in [0.717, 1.165) is 17.5 Å². The summed E-state index contributed by atoms with van der Waals surface area (Å²) in [5.41, 5.74) is 0.444. The van der Waals surface area contributed by atoms with Crippen LogP contribution in [0.3, 0.4) is 0 Å². The molecule has 0 aliphatic carbocycles. The predicted molar refractivity (Wildman–Crippen MR) is 154 cm³/mol. The average Bonchev–Trinajstić information content (AvgIpc) is 3.15. The van der Waals surface area contributed by atoms with E-state index in [1.807, 2.05) is 56.0 Å². The van der Waals surface area contributed by atoms with Crippen LogP contribution in [0.25, 0.3) is 0 Å². The fourth-order valence-corrected chi connectivity index (χ4v) is 6.54. The zero-order chi connectivity index (χ0) is 28.8. The van der Waals surface area contributed by atoms with Crippen LogP contribution in [0.2, 0.25) is 0 Å². The van der Waals surface area contributed by atoms with Gasteiger partial charge in [0.2, 0.25) is 15.9 Å². The highest BCUT2D eigenvalue weighted by atomic mass is 32.2. The highest BCUT2D eigenvalue weighted by Gasteiger charge is 2.55. The van der Waals surface area contributed by atoms with E-state index in [4.69, 9.17) is 4.74 Å². The number of sulfonamides is 1. The van der Waals surface area contributed by atoms with Crippen LogP contribution in [-0.2, 0) is 30.8 Å². The van der Waals surface area contributed by atoms with Gasteiger partial charge in [-0.05, 0) is 77.0 Å². The Morgan fingerprint density at radius 3 is 2.31 bits per heavy atom. The molecule has 2 aromatic carbocycles. The first-order valence-electron chi connectivity index (χ1n) is 13.9. The van der Waals surface area contributed by atoms with Gasteiger partial charge in [-0.3, -0.25) is 9.59 Å². The van der Waals surface area contributed by atoms with Crippen LogP contribution in [0, 0.1) is 24.2 Å². The summed E-state index contributed by atoms with van der Waals surface area (Å²) in [6, 6.07) is 16.7. The molecule has 3 rings (SSSR count). The summed E-state index contributed by atoms with van der Waals surface area (Å²) in [6.07, 6.45) is 1.97. The van der Waals surface area contributed by atoms with Crippen LogP contribution in [0.5, 0.6) is 0 Å². The van der Waals surface area contributed by atoms with Gasteiger partial charge >= 0.3 is 5.97 Å². The quantitative estimate of drug-likeness (QED) is 0.366. The minimum Gasteiger partial charge on any atom is -0.460 e. The van der Waals surface area contributed by atoms with Crippen molar-refractivity contribution < 1.29 is 22.7 Å². The summed E-state index contributed by atoms with van der Waals surface area (Å²) in [5, 5.41) is 0. The molecule has 1 amide bonds. The van der Waals surface area contributed by atoms with Gasteiger partial charge in [-0.15, -0.1) is 0 Å². The molecule has 0 spiro atoms. The molecule has 0 radical (unpaired) electrons. The van der Waals surface area contributed by atoms with Gasteiger partial charge in [0.1, 0.15) is 5.60 Å². The van der Waals surface area contributed by atoms with Gasteiger partial charge in [0.15, 0.2) is 0 Å². The van der Waals surface area contributed by atoms with E-state index in [1.165, 1.54) is 0 Å². The Hall–Kier alpha value is -2.71. The van der Waals surface area contributed by atoms with E-state index in [1.54, 1.807) is 45.0 Å². The second kappa shape index (κ2) is 12.6. The van der Waals surface area contributed by atoms with E-state index >= 15 is 0 Å². The topological polar surface area (TPSA) is 92.8 Å². The number of ether oxygens (including phenoxy) is 1. The molecule has 214 valence electrons. The summed E-state index contributed by atoms with van der Waals surface area (Å²) >= 11 is 0. The Morgan fingerprint density at radius 2 is 1.72 bits per heavy atom. The molecule has 1 fully saturated rings. The van der Waals surface area contributed by atoms with Crippen molar-refractivity contribution >= 4 is 21.9 Å². The Labute approximate surface area is 234 Å². The molecular weight excluding hydrogens is 512 g/mol. The number of benzene rings is 2. The van der Waals surface area contributed by atoms with Gasteiger partial charge in [-0.25, -0.2) is 13.1 Å². The van der Waals surface area contributed by atoms with E-state index in [0.29, 0.717) is 25.9 Å². The molecule has 2 atom stereocenters. The fourth-order valence-electron chi connectivity index (χ4n) is 5.49. The summed E-state index contributed by atoms with van der Waals surface area (Å²) in [7, 11) is -3.76.